The molecule has 0 saturated carbocycles. The van der Waals surface area contributed by atoms with Gasteiger partial charge in [-0.15, -0.1) is 0 Å². The lowest BCUT2D eigenvalue weighted by molar-refractivity contribution is 0.114. The highest BCUT2D eigenvalue weighted by Gasteiger charge is 2.41. The number of rotatable bonds is 14. The molecule has 0 saturated heterocycles. The maximum Gasteiger partial charge on any atom is 0.505 e. The van der Waals surface area contributed by atoms with Crippen molar-refractivity contribution >= 4 is 56.4 Å². The molecule has 0 fully saturated rings. The molecular formula is C33H41NO3P2Si. The molecule has 4 nitrogen and oxygen atoms in total. The number of hydrogen-bond donors (Lipinski definition) is 1. The predicted molar refractivity (Wildman–Crippen MR) is 181 cm³/mol. The van der Waals surface area contributed by atoms with Gasteiger partial charge in [0.25, 0.3) is 0 Å². The van der Waals surface area contributed by atoms with Crippen LogP contribution in [-0.2, 0) is 13.3 Å². The molecule has 2 N–H and O–H groups in total. The SMILES string of the molecule is CCO[Si](CCCN)(OCC)OC(C=[PH](c1ccccc1)c1ccccc1)=[PH](c1ccccc1)c1ccccc1. The van der Waals surface area contributed by atoms with Crippen molar-refractivity contribution in [1.29, 1.82) is 0 Å². The van der Waals surface area contributed by atoms with Crippen molar-refractivity contribution in [2.45, 2.75) is 26.3 Å². The minimum atomic E-state index is -3.08. The van der Waals surface area contributed by atoms with E-state index in [0.717, 1.165) is 11.9 Å². The van der Waals surface area contributed by atoms with Crippen LogP contribution in [0.5, 0.6) is 0 Å². The van der Waals surface area contributed by atoms with Crippen molar-refractivity contribution in [3.05, 3.63) is 121 Å². The molecule has 0 aromatic heterocycles. The Balaban J connectivity index is 2.05. The van der Waals surface area contributed by atoms with Crippen molar-refractivity contribution in [3.63, 3.8) is 0 Å². The van der Waals surface area contributed by atoms with Crippen LogP contribution in [0.2, 0.25) is 6.04 Å². The molecule has 0 aliphatic rings. The molecule has 4 rings (SSSR count). The van der Waals surface area contributed by atoms with E-state index in [0.29, 0.717) is 25.8 Å². The van der Waals surface area contributed by atoms with Crippen LogP contribution in [0.25, 0.3) is 0 Å². The number of nitrogens with two attached hydrogens (primary N) is 1. The van der Waals surface area contributed by atoms with Crippen molar-refractivity contribution in [2.75, 3.05) is 19.8 Å². The zero-order chi connectivity index (χ0) is 28.0. The van der Waals surface area contributed by atoms with E-state index in [2.05, 4.69) is 127 Å². The van der Waals surface area contributed by atoms with Gasteiger partial charge < -0.3 is 19.0 Å². The molecule has 7 heteroatoms. The van der Waals surface area contributed by atoms with Crippen LogP contribution < -0.4 is 27.0 Å². The summed E-state index contributed by atoms with van der Waals surface area (Å²) in [5.74, 6) is 2.42. The van der Waals surface area contributed by atoms with Crippen molar-refractivity contribution in [1.82, 2.24) is 0 Å². The molecule has 0 unspecified atom stereocenters. The van der Waals surface area contributed by atoms with Crippen LogP contribution in [0, 0.1) is 0 Å². The summed E-state index contributed by atoms with van der Waals surface area (Å²) in [6, 6.07) is 43.8. The van der Waals surface area contributed by atoms with Gasteiger partial charge in [-0.1, -0.05) is 129 Å². The van der Waals surface area contributed by atoms with Gasteiger partial charge in [0, 0.05) is 19.3 Å². The monoisotopic (exact) mass is 589 g/mol. The lowest BCUT2D eigenvalue weighted by Gasteiger charge is -2.31. The second-order valence-electron chi connectivity index (χ2n) is 9.30. The highest BCUT2D eigenvalue weighted by molar-refractivity contribution is 7.80. The van der Waals surface area contributed by atoms with Gasteiger partial charge in [-0.3, -0.25) is 0 Å². The van der Waals surface area contributed by atoms with Gasteiger partial charge in [-0.25, -0.2) is 0 Å². The Morgan fingerprint density at radius 1 is 0.650 bits per heavy atom. The Labute approximate surface area is 242 Å². The van der Waals surface area contributed by atoms with Gasteiger partial charge in [0.1, 0.15) is 0 Å². The van der Waals surface area contributed by atoms with Gasteiger partial charge in [0.2, 0.25) is 0 Å². The lowest BCUT2D eigenvalue weighted by Crippen LogP contribution is -2.48. The molecule has 0 aliphatic heterocycles. The summed E-state index contributed by atoms with van der Waals surface area (Å²) < 4.78 is 20.1. The Morgan fingerprint density at radius 3 is 1.43 bits per heavy atom. The van der Waals surface area contributed by atoms with Gasteiger partial charge in [0.15, 0.2) is 0 Å². The summed E-state index contributed by atoms with van der Waals surface area (Å²) in [7, 11) is -5.97. The van der Waals surface area contributed by atoms with Crippen LogP contribution in [0.15, 0.2) is 121 Å². The summed E-state index contributed by atoms with van der Waals surface area (Å²) in [6.07, 6.45) is 0.785. The minimum Gasteiger partial charge on any atom is -0.374 e. The van der Waals surface area contributed by atoms with E-state index in [1.54, 1.807) is 0 Å². The Hall–Kier alpha value is -2.46. The summed E-state index contributed by atoms with van der Waals surface area (Å²) in [5.41, 5.74) is 6.97. The fourth-order valence-electron chi connectivity index (χ4n) is 4.74. The summed E-state index contributed by atoms with van der Waals surface area (Å²) in [4.78, 5) is 0. The molecule has 0 aliphatic carbocycles. The van der Waals surface area contributed by atoms with E-state index < -0.39 is 23.9 Å². The van der Waals surface area contributed by atoms with Crippen LogP contribution in [0.3, 0.4) is 0 Å². The minimum absolute atomic E-state index is 0.526. The lowest BCUT2D eigenvalue weighted by atomic mass is 10.4. The van der Waals surface area contributed by atoms with Crippen molar-refractivity contribution in [3.8, 4) is 0 Å². The summed E-state index contributed by atoms with van der Waals surface area (Å²) in [5, 5.41) is 5.15. The predicted octanol–water partition coefficient (Wildman–Crippen LogP) is 5.03. The van der Waals surface area contributed by atoms with E-state index in [1.165, 1.54) is 21.2 Å². The van der Waals surface area contributed by atoms with E-state index in [4.69, 9.17) is 19.0 Å². The van der Waals surface area contributed by atoms with E-state index in [1.807, 2.05) is 13.8 Å². The van der Waals surface area contributed by atoms with Crippen LogP contribution in [0.1, 0.15) is 20.3 Å². The second-order valence-corrected chi connectivity index (χ2v) is 16.6. The van der Waals surface area contributed by atoms with Crippen LogP contribution in [-0.4, -0.2) is 39.8 Å². The fourth-order valence-corrected chi connectivity index (χ4v) is 13.3. The number of benzene rings is 4. The van der Waals surface area contributed by atoms with Crippen molar-refractivity contribution < 1.29 is 13.3 Å². The third-order valence-electron chi connectivity index (χ3n) is 6.50. The molecular weight excluding hydrogens is 548 g/mol. The first kappa shape index (κ1) is 30.5. The van der Waals surface area contributed by atoms with E-state index >= 15 is 0 Å². The molecule has 4 aromatic rings. The quantitative estimate of drug-likeness (QED) is 0.166. The number of hydrogen-bond acceptors (Lipinski definition) is 4. The van der Waals surface area contributed by atoms with E-state index in [-0.39, 0.29) is 0 Å². The van der Waals surface area contributed by atoms with Crippen LogP contribution in [0.4, 0.5) is 0 Å². The van der Waals surface area contributed by atoms with Gasteiger partial charge in [0.05, 0.1) is 5.48 Å². The molecule has 0 bridgehead atoms. The Bertz CT molecular complexity index is 1280. The first-order valence-corrected chi connectivity index (χ1v) is 19.0. The fraction of sp³-hybridized carbons (Fsp3) is 0.212. The third kappa shape index (κ3) is 8.28. The molecule has 40 heavy (non-hydrogen) atoms. The standard InChI is InChI=1S/C33H41NO3P2Si/c1-3-35-40(36-4-2,27-17-26-34)37-33(39(31-22-13-7-14-23-31)32-24-15-8-16-25-32)28-38(29-18-9-5-10-19-29)30-20-11-6-12-21-30/h5-16,18-25,28,38-39H,3-4,17,26-27,34H2,1-2H3. The van der Waals surface area contributed by atoms with Gasteiger partial charge >= 0.3 is 8.80 Å². The normalized spacial score (nSPS) is 11.6. The maximum absolute atomic E-state index is 7.24. The summed E-state index contributed by atoms with van der Waals surface area (Å²) >= 11 is 0. The smallest absolute Gasteiger partial charge is 0.374 e. The van der Waals surface area contributed by atoms with Gasteiger partial charge in [-0.2, -0.15) is 0 Å². The first-order valence-electron chi connectivity index (χ1n) is 14.0. The summed E-state index contributed by atoms with van der Waals surface area (Å²) in [6.45, 7) is 5.64. The largest absolute Gasteiger partial charge is 0.505 e. The topological polar surface area (TPSA) is 53.7 Å². The Kier molecular flexibility index (Phi) is 12.3. The molecule has 210 valence electrons. The molecule has 0 spiro atoms. The zero-order valence-corrected chi connectivity index (χ0v) is 26.5. The second kappa shape index (κ2) is 16.1. The average molecular weight is 590 g/mol. The average Bonchev–Trinajstić information content (AvgIpc) is 3.01. The van der Waals surface area contributed by atoms with Gasteiger partial charge in [-0.05, 0) is 61.4 Å². The molecule has 0 heterocycles. The third-order valence-corrected chi connectivity index (χ3v) is 15.0. The zero-order valence-electron chi connectivity index (χ0n) is 23.5. The van der Waals surface area contributed by atoms with Crippen molar-refractivity contribution in [2.24, 2.45) is 5.73 Å². The molecule has 0 amide bonds. The molecule has 0 atom stereocenters. The maximum atomic E-state index is 7.24. The first-order chi connectivity index (χ1) is 19.7. The highest BCUT2D eigenvalue weighted by Crippen LogP contribution is 2.31. The van der Waals surface area contributed by atoms with Crippen LogP contribution >= 0.6 is 15.1 Å². The molecule has 0 radical (unpaired) electrons. The highest BCUT2D eigenvalue weighted by atomic mass is 31.1. The van der Waals surface area contributed by atoms with E-state index in [9.17, 15) is 0 Å². The molecule has 4 aromatic carbocycles. The Morgan fingerprint density at radius 2 is 1.05 bits per heavy atom.